The fraction of sp³-hybridized carbons (Fsp3) is 0.240. The van der Waals surface area contributed by atoms with E-state index in [1.165, 1.54) is 19.2 Å². The Bertz CT molecular complexity index is 1330. The number of likely N-dealkylation sites (N-methyl/N-ethyl adjacent to an activating group) is 1. The molecule has 0 saturated carbocycles. The van der Waals surface area contributed by atoms with Crippen molar-refractivity contribution in [2.75, 3.05) is 20.2 Å². The Morgan fingerprint density at radius 1 is 1.19 bits per heavy atom. The first kappa shape index (κ1) is 25.5. The smallest absolute Gasteiger partial charge is 0.338 e. The van der Waals surface area contributed by atoms with Gasteiger partial charge in [0.25, 0.3) is 0 Å². The largest absolute Gasteiger partial charge is 0.468 e. The summed E-state index contributed by atoms with van der Waals surface area (Å²) in [5.41, 5.74) is 0.494. The number of nitrogens with one attached hydrogen (secondary N) is 1. The van der Waals surface area contributed by atoms with Gasteiger partial charge in [0.15, 0.2) is 11.7 Å². The molecule has 7 nitrogen and oxygen atoms in total. The van der Waals surface area contributed by atoms with Crippen LogP contribution in [0.1, 0.15) is 30.0 Å². The zero-order valence-electron chi connectivity index (χ0n) is 19.4. The SMILES string of the molecule is CCN(CC1=C(C(=O)OC)[C@H](c2ccc(F)cc2Cl)N=C(c2ncc(F)cc2F)N1)Cc1ccco1. The summed E-state index contributed by atoms with van der Waals surface area (Å²) in [6, 6.07) is 6.85. The van der Waals surface area contributed by atoms with E-state index >= 15 is 0 Å². The highest BCUT2D eigenvalue weighted by Gasteiger charge is 2.34. The number of pyridine rings is 1. The van der Waals surface area contributed by atoms with Crippen LogP contribution in [0.2, 0.25) is 5.02 Å². The molecule has 0 radical (unpaired) electrons. The molecule has 0 fully saturated rings. The maximum absolute atomic E-state index is 14.7. The van der Waals surface area contributed by atoms with Crippen LogP contribution < -0.4 is 5.32 Å². The minimum absolute atomic E-state index is 0.0150. The molecule has 1 aliphatic heterocycles. The van der Waals surface area contributed by atoms with Crippen molar-refractivity contribution in [3.05, 3.63) is 99.6 Å². The molecule has 0 amide bonds. The van der Waals surface area contributed by atoms with Crippen LogP contribution in [0, 0.1) is 17.5 Å². The van der Waals surface area contributed by atoms with E-state index in [0.717, 1.165) is 12.3 Å². The summed E-state index contributed by atoms with van der Waals surface area (Å²) in [5, 5.41) is 3.00. The van der Waals surface area contributed by atoms with E-state index in [2.05, 4.69) is 15.3 Å². The summed E-state index contributed by atoms with van der Waals surface area (Å²) in [5.74, 6) is -2.43. The van der Waals surface area contributed by atoms with Crippen molar-refractivity contribution in [3.8, 4) is 0 Å². The molecule has 2 aromatic heterocycles. The number of benzene rings is 1. The van der Waals surface area contributed by atoms with Crippen molar-refractivity contribution < 1.29 is 27.1 Å². The number of aliphatic imine (C=N–C) groups is 1. The van der Waals surface area contributed by atoms with Gasteiger partial charge in [0.2, 0.25) is 0 Å². The lowest BCUT2D eigenvalue weighted by Gasteiger charge is -2.30. The third-order valence-electron chi connectivity index (χ3n) is 5.61. The molecule has 188 valence electrons. The second kappa shape index (κ2) is 11.0. The standard InChI is InChI=1S/C25H22ClF3N4O3/c1-3-33(12-16-5-4-8-36-16)13-20-21(25(34)35-2)22(17-7-6-14(27)9-18(17)26)32-24(31-20)23-19(29)10-15(28)11-30-23/h4-11,22H,3,12-13H2,1-2H3,(H,31,32)/t22-/m0/s1. The van der Waals surface area contributed by atoms with Crippen LogP contribution >= 0.6 is 11.6 Å². The number of ether oxygens (including phenoxy) is 1. The zero-order chi connectivity index (χ0) is 25.8. The number of carbonyl (C=O) groups is 1. The average Bonchev–Trinajstić information content (AvgIpc) is 3.36. The van der Waals surface area contributed by atoms with Gasteiger partial charge in [-0.15, -0.1) is 0 Å². The highest BCUT2D eigenvalue weighted by molar-refractivity contribution is 6.31. The molecule has 3 aromatic rings. The van der Waals surface area contributed by atoms with Gasteiger partial charge in [-0.3, -0.25) is 9.89 Å². The number of hydrogen-bond acceptors (Lipinski definition) is 7. The number of methoxy groups -OCH3 is 1. The summed E-state index contributed by atoms with van der Waals surface area (Å²) in [4.78, 5) is 23.3. The molecule has 1 aliphatic rings. The average molecular weight is 519 g/mol. The van der Waals surface area contributed by atoms with Crippen molar-refractivity contribution >= 4 is 23.4 Å². The lowest BCUT2D eigenvalue weighted by Crippen LogP contribution is -2.40. The number of halogens is 4. The predicted octanol–water partition coefficient (Wildman–Crippen LogP) is 4.79. The maximum Gasteiger partial charge on any atom is 0.338 e. The minimum Gasteiger partial charge on any atom is -0.468 e. The molecule has 36 heavy (non-hydrogen) atoms. The number of amidine groups is 1. The Morgan fingerprint density at radius 2 is 2.00 bits per heavy atom. The van der Waals surface area contributed by atoms with Gasteiger partial charge in [-0.05, 0) is 30.8 Å². The van der Waals surface area contributed by atoms with Gasteiger partial charge in [0.1, 0.15) is 29.1 Å². The van der Waals surface area contributed by atoms with Crippen LogP contribution in [0.25, 0.3) is 0 Å². The first-order valence-electron chi connectivity index (χ1n) is 11.0. The fourth-order valence-electron chi connectivity index (χ4n) is 3.85. The third-order valence-corrected chi connectivity index (χ3v) is 5.94. The quantitative estimate of drug-likeness (QED) is 0.432. The molecule has 4 rings (SSSR count). The van der Waals surface area contributed by atoms with E-state index in [1.54, 1.807) is 12.3 Å². The second-order valence-corrected chi connectivity index (χ2v) is 8.33. The molecule has 3 heterocycles. The van der Waals surface area contributed by atoms with Gasteiger partial charge >= 0.3 is 5.97 Å². The van der Waals surface area contributed by atoms with Crippen LogP contribution in [0.3, 0.4) is 0 Å². The number of aromatic nitrogens is 1. The molecule has 0 aliphatic carbocycles. The molecular weight excluding hydrogens is 497 g/mol. The molecule has 1 N–H and O–H groups in total. The minimum atomic E-state index is -1.08. The van der Waals surface area contributed by atoms with Crippen LogP contribution in [0.4, 0.5) is 13.2 Å². The summed E-state index contributed by atoms with van der Waals surface area (Å²) in [6.07, 6.45) is 2.42. The Balaban J connectivity index is 1.84. The van der Waals surface area contributed by atoms with E-state index in [1.807, 2.05) is 17.9 Å². The van der Waals surface area contributed by atoms with Crippen LogP contribution in [-0.4, -0.2) is 41.9 Å². The van der Waals surface area contributed by atoms with Crippen molar-refractivity contribution in [1.29, 1.82) is 0 Å². The number of furan rings is 1. The normalized spacial score (nSPS) is 15.6. The van der Waals surface area contributed by atoms with Crippen molar-refractivity contribution in [1.82, 2.24) is 15.2 Å². The van der Waals surface area contributed by atoms with E-state index in [-0.39, 0.29) is 28.7 Å². The van der Waals surface area contributed by atoms with E-state index in [9.17, 15) is 18.0 Å². The zero-order valence-corrected chi connectivity index (χ0v) is 20.2. The first-order valence-corrected chi connectivity index (χ1v) is 11.4. The molecule has 1 aromatic carbocycles. The third kappa shape index (κ3) is 5.44. The first-order chi connectivity index (χ1) is 17.3. The van der Waals surface area contributed by atoms with Gasteiger partial charge in [0, 0.05) is 28.9 Å². The van der Waals surface area contributed by atoms with E-state index in [0.29, 0.717) is 36.2 Å². The van der Waals surface area contributed by atoms with Crippen LogP contribution in [0.15, 0.2) is 69.5 Å². The Hall–Kier alpha value is -3.63. The lowest BCUT2D eigenvalue weighted by molar-refractivity contribution is -0.136. The van der Waals surface area contributed by atoms with Crippen molar-refractivity contribution in [2.45, 2.75) is 19.5 Å². The van der Waals surface area contributed by atoms with Crippen molar-refractivity contribution in [2.24, 2.45) is 4.99 Å². The van der Waals surface area contributed by atoms with Gasteiger partial charge in [-0.25, -0.2) is 22.9 Å². The summed E-state index contributed by atoms with van der Waals surface area (Å²) < 4.78 is 52.5. The summed E-state index contributed by atoms with van der Waals surface area (Å²) >= 11 is 6.33. The Morgan fingerprint density at radius 3 is 2.64 bits per heavy atom. The molecular formula is C25H22ClF3N4O3. The number of nitrogens with zero attached hydrogens (tertiary/aromatic N) is 3. The molecule has 0 saturated heterocycles. The molecule has 0 spiro atoms. The highest BCUT2D eigenvalue weighted by Crippen LogP contribution is 2.36. The predicted molar refractivity (Wildman–Crippen MR) is 127 cm³/mol. The molecule has 0 bridgehead atoms. The lowest BCUT2D eigenvalue weighted by atomic mass is 9.94. The number of carbonyl (C=O) groups excluding carboxylic acids is 1. The van der Waals surface area contributed by atoms with E-state index < -0.39 is 29.5 Å². The molecule has 0 unspecified atom stereocenters. The van der Waals surface area contributed by atoms with Gasteiger partial charge < -0.3 is 14.5 Å². The highest BCUT2D eigenvalue weighted by atomic mass is 35.5. The van der Waals surface area contributed by atoms with Gasteiger partial charge in [0.05, 0.1) is 31.7 Å². The Kier molecular flexibility index (Phi) is 7.76. The number of esters is 1. The fourth-order valence-corrected chi connectivity index (χ4v) is 4.12. The maximum atomic E-state index is 14.7. The van der Waals surface area contributed by atoms with Gasteiger partial charge in [-0.2, -0.15) is 0 Å². The molecule has 11 heteroatoms. The van der Waals surface area contributed by atoms with Crippen LogP contribution in [0.5, 0.6) is 0 Å². The summed E-state index contributed by atoms with van der Waals surface area (Å²) in [6.45, 7) is 3.09. The van der Waals surface area contributed by atoms with Crippen molar-refractivity contribution in [3.63, 3.8) is 0 Å². The van der Waals surface area contributed by atoms with Crippen LogP contribution in [-0.2, 0) is 16.1 Å². The van der Waals surface area contributed by atoms with Gasteiger partial charge in [-0.1, -0.05) is 24.6 Å². The van der Waals surface area contributed by atoms with E-state index in [4.69, 9.17) is 20.8 Å². The topological polar surface area (TPSA) is 80.0 Å². The molecule has 1 atom stereocenters. The number of rotatable bonds is 8. The number of hydrogen-bond donors (Lipinski definition) is 1. The monoisotopic (exact) mass is 518 g/mol. The second-order valence-electron chi connectivity index (χ2n) is 7.92. The Labute approximate surface area is 210 Å². The summed E-state index contributed by atoms with van der Waals surface area (Å²) in [7, 11) is 1.22.